The normalized spacial score (nSPS) is 16.0. The summed E-state index contributed by atoms with van der Waals surface area (Å²) in [6, 6.07) is 56.2. The van der Waals surface area contributed by atoms with Gasteiger partial charge in [0.25, 0.3) is 0 Å². The number of furan rings is 1. The quantitative estimate of drug-likeness (QED) is 0.165. The third-order valence-electron chi connectivity index (χ3n) is 13.2. The molecule has 2 aromatic heterocycles. The zero-order valence-corrected chi connectivity index (χ0v) is 38.2. The summed E-state index contributed by atoms with van der Waals surface area (Å²) >= 11 is 0. The van der Waals surface area contributed by atoms with Crippen molar-refractivity contribution in [3.05, 3.63) is 174 Å². The van der Waals surface area contributed by atoms with Gasteiger partial charge in [0.15, 0.2) is 11.6 Å². The standard InChI is InChI=1S/C54H41N3O.U/c1-52(2,3)54(6)44-22-13-11-20-38(44)40-30-42-41-28-35(24-26-47(41)58-48(42)31-46(40)54)50-55-49(34-18-14-17-33(27-34)32-15-8-7-9-16-32)56-51(57-50)36-23-25-39-37-19-10-12-21-43(37)53(4,5)45(39)29-36;/h7-15,17-26,28-31H,1-6H3;/q-2;+2. The van der Waals surface area contributed by atoms with E-state index < -0.39 is 0 Å². The number of rotatable bonds is 4. The van der Waals surface area contributed by atoms with E-state index in [9.17, 15) is 0 Å². The van der Waals surface area contributed by atoms with Gasteiger partial charge in [-0.1, -0.05) is 108 Å². The fourth-order valence-corrected chi connectivity index (χ4v) is 9.62. The molecule has 0 saturated heterocycles. The van der Waals surface area contributed by atoms with Gasteiger partial charge in [-0.05, 0) is 86.3 Å². The maximum absolute atomic E-state index is 6.64. The van der Waals surface area contributed by atoms with Crippen LogP contribution in [0.5, 0.6) is 0 Å². The second-order valence-electron chi connectivity index (χ2n) is 17.6. The number of hydrogen-bond donors (Lipinski definition) is 0. The first-order valence-corrected chi connectivity index (χ1v) is 20.1. The molecule has 11 rings (SSSR count). The number of hydrogen-bond acceptors (Lipinski definition) is 4. The van der Waals surface area contributed by atoms with Crippen molar-refractivity contribution in [3.63, 3.8) is 0 Å². The molecule has 0 spiro atoms. The van der Waals surface area contributed by atoms with Gasteiger partial charge in [0, 0.05) is 32.7 Å². The van der Waals surface area contributed by atoms with Gasteiger partial charge in [0.1, 0.15) is 11.2 Å². The Kier molecular flexibility index (Phi) is 8.59. The molecule has 0 aliphatic heterocycles. The van der Waals surface area contributed by atoms with Crippen LogP contribution in [0.25, 0.3) is 89.5 Å². The molecule has 0 fully saturated rings. The summed E-state index contributed by atoms with van der Waals surface area (Å²) in [6.07, 6.45) is 0. The van der Waals surface area contributed by atoms with E-state index in [2.05, 4.69) is 157 Å². The molecule has 1 unspecified atom stereocenters. The summed E-state index contributed by atoms with van der Waals surface area (Å²) in [7, 11) is 0. The van der Waals surface area contributed by atoms with Crippen molar-refractivity contribution in [2.45, 2.75) is 52.4 Å². The molecule has 282 valence electrons. The van der Waals surface area contributed by atoms with Crippen molar-refractivity contribution in [2.75, 3.05) is 0 Å². The van der Waals surface area contributed by atoms with Crippen LogP contribution in [0.1, 0.15) is 63.8 Å². The van der Waals surface area contributed by atoms with Gasteiger partial charge in [-0.3, -0.25) is 0 Å². The first-order chi connectivity index (χ1) is 28.0. The molecular weight excluding hydrogens is 945 g/mol. The summed E-state index contributed by atoms with van der Waals surface area (Å²) in [5.41, 5.74) is 16.3. The smallest absolute Gasteiger partial charge is 0.456 e. The predicted molar refractivity (Wildman–Crippen MR) is 235 cm³/mol. The van der Waals surface area contributed by atoms with E-state index in [4.69, 9.17) is 19.4 Å². The topological polar surface area (TPSA) is 51.8 Å². The van der Waals surface area contributed by atoms with Gasteiger partial charge in [0.05, 0.1) is 5.82 Å². The van der Waals surface area contributed by atoms with E-state index in [1.807, 2.05) is 36.4 Å². The molecule has 9 aromatic rings. The van der Waals surface area contributed by atoms with E-state index in [-0.39, 0.29) is 47.4 Å². The Bertz CT molecular complexity index is 3150. The minimum Gasteiger partial charge on any atom is -0.456 e. The van der Waals surface area contributed by atoms with Gasteiger partial charge in [-0.2, -0.15) is 42.0 Å². The van der Waals surface area contributed by atoms with Crippen molar-refractivity contribution in [2.24, 2.45) is 5.41 Å². The number of nitrogens with zero attached hydrogens (tertiary/aromatic N) is 3. The predicted octanol–water partition coefficient (Wildman–Crippen LogP) is 13.7. The largest absolute Gasteiger partial charge is 2.00 e. The monoisotopic (exact) mass is 985 g/mol. The van der Waals surface area contributed by atoms with Crippen molar-refractivity contribution >= 4 is 21.9 Å². The Hall–Kier alpha value is -5.60. The minimum absolute atomic E-state index is 0. The summed E-state index contributed by atoms with van der Waals surface area (Å²) in [6.45, 7) is 14.0. The Balaban J connectivity index is 0.00000420. The Labute approximate surface area is 369 Å². The molecule has 4 nitrogen and oxygen atoms in total. The molecule has 0 N–H and O–H groups in total. The molecule has 7 aromatic carbocycles. The fourth-order valence-electron chi connectivity index (χ4n) is 9.62. The second-order valence-corrected chi connectivity index (χ2v) is 17.6. The van der Waals surface area contributed by atoms with Crippen LogP contribution in [-0.2, 0) is 10.8 Å². The van der Waals surface area contributed by atoms with E-state index in [0.29, 0.717) is 17.5 Å². The van der Waals surface area contributed by atoms with Crippen LogP contribution in [0.4, 0.5) is 0 Å². The zero-order valence-electron chi connectivity index (χ0n) is 34.0. The molecule has 2 heterocycles. The second kappa shape index (κ2) is 13.5. The van der Waals surface area contributed by atoms with Crippen molar-refractivity contribution in [3.8, 4) is 67.5 Å². The number of benzene rings is 7. The van der Waals surface area contributed by atoms with Crippen LogP contribution < -0.4 is 0 Å². The van der Waals surface area contributed by atoms with Crippen LogP contribution in [-0.4, -0.2) is 15.0 Å². The number of aromatic nitrogens is 3. The number of fused-ring (bicyclic) bond motifs is 9. The summed E-state index contributed by atoms with van der Waals surface area (Å²) in [5, 5.41) is 2.12. The fraction of sp³-hybridized carbons (Fsp3) is 0.167. The Morgan fingerprint density at radius 3 is 1.85 bits per heavy atom. The van der Waals surface area contributed by atoms with E-state index in [1.54, 1.807) is 0 Å². The van der Waals surface area contributed by atoms with Crippen LogP contribution in [0.2, 0.25) is 0 Å². The molecule has 59 heavy (non-hydrogen) atoms. The van der Waals surface area contributed by atoms with Gasteiger partial charge >= 0.3 is 31.1 Å². The molecular formula is C54H41N3OU. The van der Waals surface area contributed by atoms with Crippen LogP contribution in [0.15, 0.2) is 144 Å². The molecule has 0 saturated carbocycles. The van der Waals surface area contributed by atoms with E-state index >= 15 is 0 Å². The maximum Gasteiger partial charge on any atom is 2.00 e. The summed E-state index contributed by atoms with van der Waals surface area (Å²) in [5.74, 6) is 1.78. The van der Waals surface area contributed by atoms with Crippen LogP contribution in [0, 0.1) is 48.7 Å². The van der Waals surface area contributed by atoms with Crippen molar-refractivity contribution in [1.82, 2.24) is 15.0 Å². The zero-order chi connectivity index (χ0) is 39.6. The first-order valence-electron chi connectivity index (χ1n) is 20.1. The van der Waals surface area contributed by atoms with Crippen molar-refractivity contribution in [1.29, 1.82) is 0 Å². The molecule has 0 bridgehead atoms. The Morgan fingerprint density at radius 2 is 1.10 bits per heavy atom. The van der Waals surface area contributed by atoms with Crippen molar-refractivity contribution < 1.29 is 35.5 Å². The van der Waals surface area contributed by atoms with Crippen LogP contribution in [0.3, 0.4) is 0 Å². The maximum atomic E-state index is 6.64. The van der Waals surface area contributed by atoms with Crippen LogP contribution >= 0.6 is 0 Å². The third kappa shape index (κ3) is 5.66. The SMILES string of the molecule is CC1(C)c2ccccc2-c2ccc(-c3nc(-c4[c-]c(-c5[c-]cccc5)ccc4)nc(-c4ccc5oc6cc7c(cc6c5c4)-c4ccccc4C7(C)C(C)(C)C)n3)cc21.[U+2]. The summed E-state index contributed by atoms with van der Waals surface area (Å²) in [4.78, 5) is 15.6. The van der Waals surface area contributed by atoms with Gasteiger partial charge < -0.3 is 4.42 Å². The minimum atomic E-state index is -0.169. The molecule has 5 heteroatoms. The average Bonchev–Trinajstić information content (AvgIpc) is 3.82. The molecule has 1 atom stereocenters. The third-order valence-corrected chi connectivity index (χ3v) is 13.2. The first kappa shape index (κ1) is 37.7. The van der Waals surface area contributed by atoms with Gasteiger partial charge in [-0.15, -0.1) is 18.2 Å². The molecule has 2 aliphatic rings. The van der Waals surface area contributed by atoms with Gasteiger partial charge in [-0.25, -0.2) is 20.5 Å². The van der Waals surface area contributed by atoms with E-state index in [1.165, 1.54) is 44.5 Å². The molecule has 0 radical (unpaired) electrons. The average molecular weight is 986 g/mol. The molecule has 2 aliphatic carbocycles. The molecule has 0 amide bonds. The van der Waals surface area contributed by atoms with Gasteiger partial charge in [0.2, 0.25) is 0 Å². The summed E-state index contributed by atoms with van der Waals surface area (Å²) < 4.78 is 6.64. The van der Waals surface area contributed by atoms with E-state index in [0.717, 1.165) is 49.8 Å². The Morgan fingerprint density at radius 1 is 0.492 bits per heavy atom.